The number of rotatable bonds is 4. The molecule has 5 nitrogen and oxygen atoms in total. The molecule has 0 N–H and O–H groups in total. The van der Waals surface area contributed by atoms with E-state index in [2.05, 4.69) is 24.0 Å². The summed E-state index contributed by atoms with van der Waals surface area (Å²) < 4.78 is 1.98. The molecule has 1 saturated heterocycles. The topological polar surface area (TPSA) is 51.0 Å². The lowest BCUT2D eigenvalue weighted by Crippen LogP contribution is -2.41. The quantitative estimate of drug-likeness (QED) is 0.799. The highest BCUT2D eigenvalue weighted by Crippen LogP contribution is 2.25. The molecule has 1 aliphatic heterocycles. The molecule has 0 saturated carbocycles. The Morgan fingerprint density at radius 1 is 1.40 bits per heavy atom. The molecular weight excluding hydrogens is 272 g/mol. The molecule has 2 heterocycles. The monoisotopic (exact) mass is 296 g/mol. The number of hydrogen-bond acceptors (Lipinski definition) is 4. The number of nitrogens with zero attached hydrogens (tertiary/aromatic N) is 4. The third kappa shape index (κ3) is 3.34. The van der Waals surface area contributed by atoms with Crippen molar-refractivity contribution in [1.29, 1.82) is 0 Å². The molecule has 112 valence electrons. The van der Waals surface area contributed by atoms with Gasteiger partial charge in [0.25, 0.3) is 0 Å². The molecule has 1 fully saturated rings. The van der Waals surface area contributed by atoms with E-state index in [-0.39, 0.29) is 11.2 Å². The van der Waals surface area contributed by atoms with E-state index >= 15 is 0 Å². The third-order valence-electron chi connectivity index (χ3n) is 3.97. The average Bonchev–Trinajstić information content (AvgIpc) is 2.79. The van der Waals surface area contributed by atoms with Gasteiger partial charge in [0.1, 0.15) is 5.82 Å². The van der Waals surface area contributed by atoms with Crippen molar-refractivity contribution >= 4 is 17.7 Å². The van der Waals surface area contributed by atoms with Gasteiger partial charge in [-0.25, -0.2) is 0 Å². The maximum Gasteiger partial charge on any atom is 0.235 e. The van der Waals surface area contributed by atoms with Gasteiger partial charge in [-0.15, -0.1) is 10.2 Å². The van der Waals surface area contributed by atoms with Crippen molar-refractivity contribution < 1.29 is 4.79 Å². The van der Waals surface area contributed by atoms with E-state index in [0.29, 0.717) is 0 Å². The fourth-order valence-corrected chi connectivity index (χ4v) is 3.37. The Morgan fingerprint density at radius 2 is 2.05 bits per heavy atom. The van der Waals surface area contributed by atoms with E-state index in [0.717, 1.165) is 49.3 Å². The number of hydrogen-bond donors (Lipinski definition) is 0. The molecule has 1 aliphatic rings. The fraction of sp³-hybridized carbons (Fsp3) is 0.786. The highest BCUT2D eigenvalue weighted by Gasteiger charge is 2.26. The summed E-state index contributed by atoms with van der Waals surface area (Å²) in [5.41, 5.74) is 0. The number of carbonyl (C=O) groups is 1. The summed E-state index contributed by atoms with van der Waals surface area (Å²) in [5.74, 6) is 1.93. The van der Waals surface area contributed by atoms with Gasteiger partial charge in [0.05, 0.1) is 5.25 Å². The molecule has 0 aromatic carbocycles. The smallest absolute Gasteiger partial charge is 0.235 e. The summed E-state index contributed by atoms with van der Waals surface area (Å²) >= 11 is 1.51. The van der Waals surface area contributed by atoms with Crippen LogP contribution in [0.5, 0.6) is 0 Å². The number of likely N-dealkylation sites (tertiary alicyclic amines) is 1. The normalized spacial score (nSPS) is 18.3. The summed E-state index contributed by atoms with van der Waals surface area (Å²) in [6.07, 6.45) is 3.09. The van der Waals surface area contributed by atoms with Crippen LogP contribution in [0, 0.1) is 5.92 Å². The van der Waals surface area contributed by atoms with Gasteiger partial charge in [-0.2, -0.15) is 0 Å². The molecule has 2 rings (SSSR count). The highest BCUT2D eigenvalue weighted by atomic mass is 32.2. The Morgan fingerprint density at radius 3 is 2.60 bits per heavy atom. The van der Waals surface area contributed by atoms with Crippen LogP contribution in [0.15, 0.2) is 5.16 Å². The van der Waals surface area contributed by atoms with Crippen LogP contribution < -0.4 is 0 Å². The van der Waals surface area contributed by atoms with Crippen LogP contribution in [0.4, 0.5) is 0 Å². The molecule has 0 aliphatic carbocycles. The van der Waals surface area contributed by atoms with Crippen LogP contribution >= 0.6 is 11.8 Å². The van der Waals surface area contributed by atoms with E-state index in [9.17, 15) is 4.79 Å². The Labute approximate surface area is 125 Å². The number of amides is 1. The van der Waals surface area contributed by atoms with Crippen LogP contribution in [-0.2, 0) is 18.3 Å². The number of aryl methyl sites for hydroxylation is 1. The predicted octanol–water partition coefficient (Wildman–Crippen LogP) is 2.12. The van der Waals surface area contributed by atoms with Gasteiger partial charge >= 0.3 is 0 Å². The molecular formula is C14H24N4OS. The van der Waals surface area contributed by atoms with Crippen molar-refractivity contribution in [2.75, 3.05) is 13.1 Å². The van der Waals surface area contributed by atoms with Crippen LogP contribution in [-0.4, -0.2) is 43.9 Å². The lowest BCUT2D eigenvalue weighted by Gasteiger charge is -2.31. The van der Waals surface area contributed by atoms with Crippen LogP contribution in [0.25, 0.3) is 0 Å². The number of aromatic nitrogens is 3. The zero-order valence-electron chi connectivity index (χ0n) is 12.8. The second-order valence-corrected chi connectivity index (χ2v) is 6.89. The lowest BCUT2D eigenvalue weighted by atomic mass is 9.99. The molecule has 1 amide bonds. The molecule has 0 spiro atoms. The average molecular weight is 296 g/mol. The van der Waals surface area contributed by atoms with Gasteiger partial charge in [-0.1, -0.05) is 25.6 Å². The standard InChI is InChI=1S/C14H24N4OS/c1-5-12-15-16-14(17(12)4)20-11(3)13(19)18-8-6-10(2)7-9-18/h10-11H,5-9H2,1-4H3/t11-/m1/s1. The summed E-state index contributed by atoms with van der Waals surface area (Å²) in [7, 11) is 1.96. The molecule has 1 aromatic heterocycles. The van der Waals surface area contributed by atoms with Gasteiger partial charge in [-0.3, -0.25) is 4.79 Å². The Hall–Kier alpha value is -1.04. The molecule has 0 unspecified atom stereocenters. The van der Waals surface area contributed by atoms with E-state index < -0.39 is 0 Å². The van der Waals surface area contributed by atoms with Gasteiger partial charge in [0.15, 0.2) is 5.16 Å². The number of piperidine rings is 1. The van der Waals surface area contributed by atoms with E-state index in [1.807, 2.05) is 23.4 Å². The van der Waals surface area contributed by atoms with Gasteiger partial charge in [0.2, 0.25) is 5.91 Å². The molecule has 0 bridgehead atoms. The molecule has 1 atom stereocenters. The lowest BCUT2D eigenvalue weighted by molar-refractivity contribution is -0.131. The summed E-state index contributed by atoms with van der Waals surface area (Å²) in [6.45, 7) is 8.06. The van der Waals surface area contributed by atoms with Gasteiger partial charge in [0, 0.05) is 26.6 Å². The minimum Gasteiger partial charge on any atom is -0.342 e. The Kier molecular flexibility index (Phi) is 5.07. The van der Waals surface area contributed by atoms with Crippen molar-refractivity contribution in [2.45, 2.75) is 50.4 Å². The fourth-order valence-electron chi connectivity index (χ4n) is 2.45. The summed E-state index contributed by atoms with van der Waals surface area (Å²) in [6, 6.07) is 0. The first-order valence-electron chi connectivity index (χ1n) is 7.36. The van der Waals surface area contributed by atoms with E-state index in [1.54, 1.807) is 0 Å². The first-order valence-corrected chi connectivity index (χ1v) is 8.24. The van der Waals surface area contributed by atoms with Crippen molar-refractivity contribution in [3.8, 4) is 0 Å². The number of thioether (sulfide) groups is 1. The summed E-state index contributed by atoms with van der Waals surface area (Å²) in [5, 5.41) is 9.03. The first kappa shape index (κ1) is 15.4. The van der Waals surface area contributed by atoms with Crippen LogP contribution in [0.3, 0.4) is 0 Å². The zero-order chi connectivity index (χ0) is 14.7. The van der Waals surface area contributed by atoms with E-state index in [1.165, 1.54) is 11.8 Å². The SMILES string of the molecule is CCc1nnc(S[C@H](C)C(=O)N2CCC(C)CC2)n1C. The predicted molar refractivity (Wildman–Crippen MR) is 80.7 cm³/mol. The highest BCUT2D eigenvalue weighted by molar-refractivity contribution is 8.00. The van der Waals surface area contributed by atoms with Crippen molar-refractivity contribution in [1.82, 2.24) is 19.7 Å². The molecule has 0 radical (unpaired) electrons. The van der Waals surface area contributed by atoms with Crippen LogP contribution in [0.1, 0.15) is 39.4 Å². The Balaban J connectivity index is 1.95. The first-order chi connectivity index (χ1) is 9.52. The largest absolute Gasteiger partial charge is 0.342 e. The van der Waals surface area contributed by atoms with Gasteiger partial charge in [-0.05, 0) is 25.7 Å². The van der Waals surface area contributed by atoms with Crippen molar-refractivity contribution in [3.05, 3.63) is 5.82 Å². The second-order valence-electron chi connectivity index (χ2n) is 5.58. The Bertz CT molecular complexity index is 466. The van der Waals surface area contributed by atoms with Crippen molar-refractivity contribution in [2.24, 2.45) is 13.0 Å². The zero-order valence-corrected chi connectivity index (χ0v) is 13.6. The third-order valence-corrected chi connectivity index (χ3v) is 5.09. The van der Waals surface area contributed by atoms with E-state index in [4.69, 9.17) is 0 Å². The maximum absolute atomic E-state index is 12.4. The summed E-state index contributed by atoms with van der Waals surface area (Å²) in [4.78, 5) is 14.4. The van der Waals surface area contributed by atoms with Gasteiger partial charge < -0.3 is 9.47 Å². The maximum atomic E-state index is 12.4. The molecule has 20 heavy (non-hydrogen) atoms. The minimum atomic E-state index is -0.101. The number of carbonyl (C=O) groups excluding carboxylic acids is 1. The molecule has 6 heteroatoms. The van der Waals surface area contributed by atoms with Crippen LogP contribution in [0.2, 0.25) is 0 Å². The second kappa shape index (κ2) is 6.61. The van der Waals surface area contributed by atoms with Crippen molar-refractivity contribution in [3.63, 3.8) is 0 Å². The molecule has 1 aromatic rings. The minimum absolute atomic E-state index is 0.101.